The maximum Gasteiger partial charge on any atom is 0.308 e. The number of carbonyl (C=O) groups is 2. The molecule has 21 heavy (non-hydrogen) atoms. The summed E-state index contributed by atoms with van der Waals surface area (Å²) in [6.07, 6.45) is 0. The minimum Gasteiger partial charge on any atom is -0.483 e. The number of amides is 1. The van der Waals surface area contributed by atoms with Crippen molar-refractivity contribution in [2.75, 3.05) is 13.2 Å². The fraction of sp³-hybridized carbons (Fsp3) is 0.429. The number of rotatable bonds is 7. The Balaban J connectivity index is 2.45. The number of halogens is 2. The van der Waals surface area contributed by atoms with Gasteiger partial charge in [-0.15, -0.1) is 0 Å². The van der Waals surface area contributed by atoms with Crippen molar-refractivity contribution in [2.45, 2.75) is 13.8 Å². The van der Waals surface area contributed by atoms with Crippen molar-refractivity contribution in [1.82, 2.24) is 5.32 Å². The van der Waals surface area contributed by atoms with Crippen molar-refractivity contribution in [2.24, 2.45) is 11.8 Å². The highest BCUT2D eigenvalue weighted by atomic mass is 79.9. The predicted molar refractivity (Wildman–Crippen MR) is 83.6 cm³/mol. The van der Waals surface area contributed by atoms with E-state index in [-0.39, 0.29) is 25.0 Å². The first-order valence-electron chi connectivity index (χ1n) is 6.38. The molecule has 7 heteroatoms. The number of nitrogens with one attached hydrogen (secondary N) is 1. The molecule has 0 spiro atoms. The first-order valence-corrected chi connectivity index (χ1v) is 7.55. The molecule has 116 valence electrons. The van der Waals surface area contributed by atoms with E-state index in [2.05, 4.69) is 21.2 Å². The van der Waals surface area contributed by atoms with E-state index < -0.39 is 11.9 Å². The molecule has 0 fully saturated rings. The van der Waals surface area contributed by atoms with Crippen LogP contribution in [0.4, 0.5) is 0 Å². The van der Waals surface area contributed by atoms with Crippen molar-refractivity contribution in [3.8, 4) is 5.75 Å². The number of hydrogen-bond donors (Lipinski definition) is 2. The van der Waals surface area contributed by atoms with Crippen LogP contribution in [0, 0.1) is 11.8 Å². The van der Waals surface area contributed by atoms with Gasteiger partial charge in [-0.1, -0.05) is 25.4 Å². The Kier molecular flexibility index (Phi) is 6.98. The number of carboxylic acids is 1. The summed E-state index contributed by atoms with van der Waals surface area (Å²) in [4.78, 5) is 22.7. The van der Waals surface area contributed by atoms with Gasteiger partial charge in [-0.2, -0.15) is 0 Å². The summed E-state index contributed by atoms with van der Waals surface area (Å²) in [7, 11) is 0. The van der Waals surface area contributed by atoms with E-state index in [0.717, 1.165) is 0 Å². The quantitative estimate of drug-likeness (QED) is 0.765. The molecule has 0 aliphatic rings. The molecular formula is C14H17BrClNO4. The highest BCUT2D eigenvalue weighted by Gasteiger charge is 2.22. The summed E-state index contributed by atoms with van der Waals surface area (Å²) < 4.78 is 5.99. The summed E-state index contributed by atoms with van der Waals surface area (Å²) in [5.74, 6) is -1.48. The second-order valence-electron chi connectivity index (χ2n) is 4.86. The van der Waals surface area contributed by atoms with Crippen LogP contribution in [0.1, 0.15) is 13.8 Å². The third-order valence-corrected chi connectivity index (χ3v) is 3.75. The minimum absolute atomic E-state index is 0.0610. The number of benzene rings is 1. The Hall–Kier alpha value is -1.27. The zero-order valence-corrected chi connectivity index (χ0v) is 14.1. The SMILES string of the molecule is CC(C)C(CNC(=O)COc1ccc(Cl)cc1Br)C(=O)O. The fourth-order valence-electron chi connectivity index (χ4n) is 1.62. The lowest BCUT2D eigenvalue weighted by Crippen LogP contribution is -2.37. The maximum absolute atomic E-state index is 11.7. The molecule has 0 saturated heterocycles. The monoisotopic (exact) mass is 377 g/mol. The Morgan fingerprint density at radius 1 is 1.43 bits per heavy atom. The number of hydrogen-bond acceptors (Lipinski definition) is 3. The maximum atomic E-state index is 11.7. The zero-order chi connectivity index (χ0) is 16.0. The summed E-state index contributed by atoms with van der Waals surface area (Å²) in [6, 6.07) is 4.96. The molecule has 1 atom stereocenters. The Morgan fingerprint density at radius 2 is 2.10 bits per heavy atom. The smallest absolute Gasteiger partial charge is 0.308 e. The normalized spacial score (nSPS) is 12.0. The number of aliphatic carboxylic acids is 1. The van der Waals surface area contributed by atoms with E-state index in [9.17, 15) is 9.59 Å². The average molecular weight is 379 g/mol. The van der Waals surface area contributed by atoms with E-state index in [0.29, 0.717) is 15.2 Å². The third-order valence-electron chi connectivity index (χ3n) is 2.89. The van der Waals surface area contributed by atoms with Crippen molar-refractivity contribution < 1.29 is 19.4 Å². The highest BCUT2D eigenvalue weighted by molar-refractivity contribution is 9.10. The predicted octanol–water partition coefficient (Wildman–Crippen LogP) is 2.95. The van der Waals surface area contributed by atoms with Crippen LogP contribution in [0.15, 0.2) is 22.7 Å². The lowest BCUT2D eigenvalue weighted by atomic mass is 9.96. The average Bonchev–Trinajstić information content (AvgIpc) is 2.37. The van der Waals surface area contributed by atoms with Crippen LogP contribution in [0.5, 0.6) is 5.75 Å². The van der Waals surface area contributed by atoms with Crippen LogP contribution in [0.2, 0.25) is 5.02 Å². The Bertz CT molecular complexity index is 522. The standard InChI is InChI=1S/C14H17BrClNO4/c1-8(2)10(14(19)20)6-17-13(18)7-21-12-4-3-9(16)5-11(12)15/h3-5,8,10H,6-7H2,1-2H3,(H,17,18)(H,19,20). The highest BCUT2D eigenvalue weighted by Crippen LogP contribution is 2.27. The van der Waals surface area contributed by atoms with Gasteiger partial charge < -0.3 is 15.2 Å². The Morgan fingerprint density at radius 3 is 2.62 bits per heavy atom. The van der Waals surface area contributed by atoms with Crippen LogP contribution >= 0.6 is 27.5 Å². The van der Waals surface area contributed by atoms with E-state index in [1.165, 1.54) is 0 Å². The molecule has 0 aliphatic heterocycles. The molecule has 5 nitrogen and oxygen atoms in total. The number of carboxylic acid groups (broad SMARTS) is 1. The van der Waals surface area contributed by atoms with Crippen LogP contribution < -0.4 is 10.1 Å². The molecule has 1 unspecified atom stereocenters. The van der Waals surface area contributed by atoms with Gasteiger partial charge in [0.05, 0.1) is 10.4 Å². The Labute approximate surface area is 136 Å². The molecule has 1 rings (SSSR count). The van der Waals surface area contributed by atoms with E-state index >= 15 is 0 Å². The topological polar surface area (TPSA) is 75.6 Å². The summed E-state index contributed by atoms with van der Waals surface area (Å²) in [5, 5.41) is 12.1. The molecule has 1 aromatic rings. The first-order chi connectivity index (χ1) is 9.81. The van der Waals surface area contributed by atoms with Gasteiger partial charge >= 0.3 is 5.97 Å². The van der Waals surface area contributed by atoms with Crippen LogP contribution in [0.3, 0.4) is 0 Å². The summed E-state index contributed by atoms with van der Waals surface area (Å²) in [6.45, 7) is 3.49. The minimum atomic E-state index is -0.924. The van der Waals surface area contributed by atoms with Gasteiger partial charge in [0.2, 0.25) is 0 Å². The zero-order valence-electron chi connectivity index (χ0n) is 11.7. The van der Waals surface area contributed by atoms with Crippen molar-refractivity contribution in [1.29, 1.82) is 0 Å². The van der Waals surface area contributed by atoms with Crippen molar-refractivity contribution in [3.63, 3.8) is 0 Å². The van der Waals surface area contributed by atoms with Crippen molar-refractivity contribution in [3.05, 3.63) is 27.7 Å². The number of ether oxygens (including phenoxy) is 1. The first kappa shape index (κ1) is 17.8. The second kappa shape index (κ2) is 8.24. The molecule has 0 heterocycles. The van der Waals surface area contributed by atoms with Gasteiger partial charge in [-0.3, -0.25) is 9.59 Å². The molecule has 1 amide bonds. The van der Waals surface area contributed by atoms with E-state index in [1.54, 1.807) is 32.0 Å². The third kappa shape index (κ3) is 5.93. The molecule has 0 saturated carbocycles. The lowest BCUT2D eigenvalue weighted by Gasteiger charge is -2.17. The second-order valence-corrected chi connectivity index (χ2v) is 6.15. The molecule has 0 aromatic heterocycles. The van der Waals surface area contributed by atoms with Crippen LogP contribution in [0.25, 0.3) is 0 Å². The largest absolute Gasteiger partial charge is 0.483 e. The molecule has 0 aliphatic carbocycles. The summed E-state index contributed by atoms with van der Waals surface area (Å²) >= 11 is 9.08. The molecule has 2 N–H and O–H groups in total. The van der Waals surface area contributed by atoms with E-state index in [1.807, 2.05) is 0 Å². The van der Waals surface area contributed by atoms with Gasteiger partial charge in [0.1, 0.15) is 5.75 Å². The summed E-state index contributed by atoms with van der Waals surface area (Å²) in [5.41, 5.74) is 0. The molecule has 1 aromatic carbocycles. The van der Waals surface area contributed by atoms with Crippen LogP contribution in [-0.4, -0.2) is 30.1 Å². The van der Waals surface area contributed by atoms with Gasteiger partial charge in [0.15, 0.2) is 6.61 Å². The van der Waals surface area contributed by atoms with Gasteiger partial charge in [0, 0.05) is 11.6 Å². The van der Waals surface area contributed by atoms with Crippen LogP contribution in [-0.2, 0) is 9.59 Å². The van der Waals surface area contributed by atoms with Gasteiger partial charge in [-0.05, 0) is 40.0 Å². The van der Waals surface area contributed by atoms with Gasteiger partial charge in [-0.25, -0.2) is 0 Å². The number of carbonyl (C=O) groups excluding carboxylic acids is 1. The lowest BCUT2D eigenvalue weighted by molar-refractivity contribution is -0.143. The van der Waals surface area contributed by atoms with E-state index in [4.69, 9.17) is 21.4 Å². The van der Waals surface area contributed by atoms with Gasteiger partial charge in [0.25, 0.3) is 5.91 Å². The van der Waals surface area contributed by atoms with Crippen molar-refractivity contribution >= 4 is 39.4 Å². The fourth-order valence-corrected chi connectivity index (χ4v) is 2.42. The molecular weight excluding hydrogens is 362 g/mol. The molecule has 0 bridgehead atoms. The molecule has 0 radical (unpaired) electrons.